The lowest BCUT2D eigenvalue weighted by molar-refractivity contribution is 0.0466. The molecule has 20 heavy (non-hydrogen) atoms. The Bertz CT molecular complexity index is 563. The largest absolute Gasteiger partial charge is 0.494 e. The molecule has 0 spiro atoms. The van der Waals surface area contributed by atoms with Gasteiger partial charge in [0.1, 0.15) is 12.4 Å². The number of hydrogen-bond donors (Lipinski definition) is 0. The van der Waals surface area contributed by atoms with Crippen LogP contribution in [0.15, 0.2) is 29.6 Å². The molecule has 0 aliphatic rings. The van der Waals surface area contributed by atoms with Crippen LogP contribution in [0.2, 0.25) is 0 Å². The van der Waals surface area contributed by atoms with Crippen molar-refractivity contribution in [3.05, 3.63) is 45.9 Å². The lowest BCUT2D eigenvalue weighted by Gasteiger charge is -2.06. The quantitative estimate of drug-likeness (QED) is 0.763. The third-order valence-electron chi connectivity index (χ3n) is 2.59. The second-order valence-corrected chi connectivity index (χ2v) is 5.38. The summed E-state index contributed by atoms with van der Waals surface area (Å²) in [7, 11) is 0. The number of carbonyl (C=O) groups is 1. The molecule has 0 aliphatic heterocycles. The van der Waals surface area contributed by atoms with Gasteiger partial charge in [-0.1, -0.05) is 19.1 Å². The highest BCUT2D eigenvalue weighted by Crippen LogP contribution is 2.14. The summed E-state index contributed by atoms with van der Waals surface area (Å²) in [5.74, 6) is 0.442. The van der Waals surface area contributed by atoms with Crippen molar-refractivity contribution in [2.75, 3.05) is 6.61 Å². The summed E-state index contributed by atoms with van der Waals surface area (Å²) < 4.78 is 10.7. The number of aryl methyl sites for hydroxylation is 1. The Morgan fingerprint density at radius 3 is 2.65 bits per heavy atom. The Labute approximate surface area is 122 Å². The lowest BCUT2D eigenvalue weighted by atomic mass is 10.2. The number of nitrogens with zero attached hydrogens (tertiary/aromatic N) is 1. The van der Waals surface area contributed by atoms with Gasteiger partial charge >= 0.3 is 5.97 Å². The average molecular weight is 291 g/mol. The highest BCUT2D eigenvalue weighted by Gasteiger charge is 2.10. The highest BCUT2D eigenvalue weighted by molar-refractivity contribution is 7.09. The van der Waals surface area contributed by atoms with Crippen LogP contribution in [0.1, 0.15) is 34.4 Å². The zero-order chi connectivity index (χ0) is 14.4. The fraction of sp³-hybridized carbons (Fsp3) is 0.333. The summed E-state index contributed by atoms with van der Waals surface area (Å²) in [5, 5.41) is 2.56. The average Bonchev–Trinajstić information content (AvgIpc) is 2.90. The van der Waals surface area contributed by atoms with Gasteiger partial charge in [-0.3, -0.25) is 0 Å². The third-order valence-corrected chi connectivity index (χ3v) is 3.37. The zero-order valence-corrected chi connectivity index (χ0v) is 12.4. The van der Waals surface area contributed by atoms with Crippen LogP contribution in [-0.2, 0) is 11.3 Å². The molecule has 0 saturated carbocycles. The Morgan fingerprint density at radius 2 is 2.05 bits per heavy atom. The normalized spacial score (nSPS) is 10.3. The minimum absolute atomic E-state index is 0.240. The van der Waals surface area contributed by atoms with Gasteiger partial charge in [-0.05, 0) is 31.0 Å². The first-order valence-corrected chi connectivity index (χ1v) is 7.38. The van der Waals surface area contributed by atoms with Gasteiger partial charge in [-0.25, -0.2) is 9.78 Å². The summed E-state index contributed by atoms with van der Waals surface area (Å²) in [5.41, 5.74) is 1.30. The number of carbonyl (C=O) groups excluding carboxylic acids is 1. The predicted molar refractivity (Wildman–Crippen MR) is 78.2 cm³/mol. The summed E-state index contributed by atoms with van der Waals surface area (Å²) in [4.78, 5) is 15.8. The van der Waals surface area contributed by atoms with Crippen LogP contribution in [0.5, 0.6) is 5.75 Å². The van der Waals surface area contributed by atoms with Crippen LogP contribution in [-0.4, -0.2) is 17.6 Å². The Hall–Kier alpha value is -1.88. The highest BCUT2D eigenvalue weighted by atomic mass is 32.1. The molecular weight excluding hydrogens is 274 g/mol. The molecule has 1 heterocycles. The van der Waals surface area contributed by atoms with E-state index in [9.17, 15) is 4.79 Å². The Morgan fingerprint density at radius 1 is 1.30 bits per heavy atom. The molecule has 2 aromatic rings. The maximum absolute atomic E-state index is 11.7. The molecule has 0 saturated heterocycles. The molecule has 2 rings (SSSR count). The van der Waals surface area contributed by atoms with Gasteiger partial charge < -0.3 is 9.47 Å². The molecule has 4 nitrogen and oxygen atoms in total. The molecule has 5 heteroatoms. The molecule has 106 valence electrons. The van der Waals surface area contributed by atoms with E-state index in [2.05, 4.69) is 11.9 Å². The molecular formula is C15H17NO3S. The van der Waals surface area contributed by atoms with Crippen LogP contribution < -0.4 is 4.74 Å². The number of ether oxygens (including phenoxy) is 2. The second-order valence-electron chi connectivity index (χ2n) is 4.32. The van der Waals surface area contributed by atoms with Gasteiger partial charge in [0, 0.05) is 5.38 Å². The molecule has 1 aromatic heterocycles. The molecule has 1 aromatic carbocycles. The zero-order valence-electron chi connectivity index (χ0n) is 11.6. The molecule has 0 fully saturated rings. The number of hydrogen-bond acceptors (Lipinski definition) is 5. The van der Waals surface area contributed by atoms with Crippen molar-refractivity contribution in [1.82, 2.24) is 4.98 Å². The molecule has 0 atom stereocenters. The van der Waals surface area contributed by atoms with E-state index in [4.69, 9.17) is 9.47 Å². The molecule has 0 radical (unpaired) electrons. The summed E-state index contributed by atoms with van der Waals surface area (Å²) in [6.07, 6.45) is 0.979. The standard InChI is InChI=1S/C15H17NO3S/c1-3-8-18-13-6-4-12(5-7-13)9-19-15(17)14-10-20-11(2)16-14/h4-7,10H,3,8-9H2,1-2H3. The van der Waals surface area contributed by atoms with E-state index in [0.717, 1.165) is 22.7 Å². The van der Waals surface area contributed by atoms with Crippen molar-refractivity contribution in [3.63, 3.8) is 0 Å². The van der Waals surface area contributed by atoms with E-state index in [-0.39, 0.29) is 12.6 Å². The van der Waals surface area contributed by atoms with Crippen LogP contribution in [0.4, 0.5) is 0 Å². The van der Waals surface area contributed by atoms with Crippen molar-refractivity contribution in [1.29, 1.82) is 0 Å². The fourth-order valence-electron chi connectivity index (χ4n) is 1.58. The van der Waals surface area contributed by atoms with Crippen molar-refractivity contribution >= 4 is 17.3 Å². The van der Waals surface area contributed by atoms with Crippen molar-refractivity contribution in [2.24, 2.45) is 0 Å². The SMILES string of the molecule is CCCOc1ccc(COC(=O)c2csc(C)n2)cc1. The van der Waals surface area contributed by atoms with E-state index >= 15 is 0 Å². The van der Waals surface area contributed by atoms with Crippen LogP contribution >= 0.6 is 11.3 Å². The van der Waals surface area contributed by atoms with E-state index in [1.807, 2.05) is 31.2 Å². The van der Waals surface area contributed by atoms with Gasteiger partial charge in [-0.15, -0.1) is 11.3 Å². The molecule has 0 N–H and O–H groups in total. The van der Waals surface area contributed by atoms with Crippen molar-refractivity contribution < 1.29 is 14.3 Å². The smallest absolute Gasteiger partial charge is 0.358 e. The fourth-order valence-corrected chi connectivity index (χ4v) is 2.16. The van der Waals surface area contributed by atoms with Crippen molar-refractivity contribution in [2.45, 2.75) is 26.9 Å². The molecule has 0 bridgehead atoms. The third kappa shape index (κ3) is 4.06. The molecule has 0 amide bonds. The van der Waals surface area contributed by atoms with Crippen molar-refractivity contribution in [3.8, 4) is 5.75 Å². The van der Waals surface area contributed by atoms with Crippen LogP contribution in [0.3, 0.4) is 0 Å². The predicted octanol–water partition coefficient (Wildman–Crippen LogP) is 3.60. The Kier molecular flexibility index (Phi) is 5.12. The molecule has 0 aliphatic carbocycles. The van der Waals surface area contributed by atoms with E-state index in [1.54, 1.807) is 5.38 Å². The number of aromatic nitrogens is 1. The van der Waals surface area contributed by atoms with E-state index in [0.29, 0.717) is 12.3 Å². The number of esters is 1. The summed E-state index contributed by atoms with van der Waals surface area (Å²) in [6, 6.07) is 7.55. The maximum Gasteiger partial charge on any atom is 0.358 e. The van der Waals surface area contributed by atoms with Gasteiger partial charge in [0.15, 0.2) is 5.69 Å². The number of rotatable bonds is 6. The second kappa shape index (κ2) is 7.05. The minimum Gasteiger partial charge on any atom is -0.494 e. The first kappa shape index (κ1) is 14.5. The lowest BCUT2D eigenvalue weighted by Crippen LogP contribution is -2.05. The first-order chi connectivity index (χ1) is 9.69. The van der Waals surface area contributed by atoms with E-state index < -0.39 is 0 Å². The van der Waals surface area contributed by atoms with Gasteiger partial charge in [-0.2, -0.15) is 0 Å². The minimum atomic E-state index is -0.388. The van der Waals surface area contributed by atoms with Gasteiger partial charge in [0.05, 0.1) is 11.6 Å². The number of benzene rings is 1. The summed E-state index contributed by atoms with van der Waals surface area (Å²) in [6.45, 7) is 4.87. The van der Waals surface area contributed by atoms with Crippen LogP contribution in [0, 0.1) is 6.92 Å². The van der Waals surface area contributed by atoms with E-state index in [1.165, 1.54) is 11.3 Å². The summed E-state index contributed by atoms with van der Waals surface area (Å²) >= 11 is 1.44. The Balaban J connectivity index is 1.86. The van der Waals surface area contributed by atoms with Crippen LogP contribution in [0.25, 0.3) is 0 Å². The topological polar surface area (TPSA) is 48.4 Å². The first-order valence-electron chi connectivity index (χ1n) is 6.50. The monoisotopic (exact) mass is 291 g/mol. The molecule has 0 unspecified atom stereocenters. The maximum atomic E-state index is 11.7. The number of thiazole rings is 1. The van der Waals surface area contributed by atoms with Gasteiger partial charge in [0.2, 0.25) is 0 Å². The van der Waals surface area contributed by atoms with Gasteiger partial charge in [0.25, 0.3) is 0 Å².